The highest BCUT2D eigenvalue weighted by molar-refractivity contribution is 7.09. The van der Waals surface area contributed by atoms with Crippen LogP contribution >= 0.6 is 11.3 Å². The van der Waals surface area contributed by atoms with Gasteiger partial charge in [-0.2, -0.15) is 0 Å². The second-order valence-corrected chi connectivity index (χ2v) is 6.46. The van der Waals surface area contributed by atoms with Crippen molar-refractivity contribution in [3.05, 3.63) is 33.7 Å². The molecule has 20 heavy (non-hydrogen) atoms. The van der Waals surface area contributed by atoms with Crippen LogP contribution in [0.5, 0.6) is 0 Å². The Morgan fingerprint density at radius 2 is 2.05 bits per heavy atom. The highest BCUT2D eigenvalue weighted by atomic mass is 32.1. The zero-order valence-corrected chi connectivity index (χ0v) is 12.9. The summed E-state index contributed by atoms with van der Waals surface area (Å²) in [4.78, 5) is 15.8. The molecule has 0 saturated heterocycles. The van der Waals surface area contributed by atoms with Crippen molar-refractivity contribution in [1.82, 2.24) is 15.0 Å². The van der Waals surface area contributed by atoms with Crippen LogP contribution in [-0.2, 0) is 19.4 Å². The molecule has 0 atom stereocenters. The molecule has 3 rings (SSSR count). The van der Waals surface area contributed by atoms with Gasteiger partial charge in [-0.1, -0.05) is 6.42 Å². The number of thiazole rings is 1. The minimum atomic E-state index is 0.813. The van der Waals surface area contributed by atoms with Gasteiger partial charge in [0, 0.05) is 23.7 Å². The maximum Gasteiger partial charge on any atom is 0.135 e. The summed E-state index contributed by atoms with van der Waals surface area (Å²) >= 11 is 1.70. The van der Waals surface area contributed by atoms with Gasteiger partial charge in [-0.25, -0.2) is 15.0 Å². The summed E-state index contributed by atoms with van der Waals surface area (Å²) in [5, 5.41) is 3.25. The van der Waals surface area contributed by atoms with Crippen LogP contribution in [0.3, 0.4) is 0 Å². The van der Waals surface area contributed by atoms with Crippen LogP contribution in [0.1, 0.15) is 41.2 Å². The molecule has 2 aromatic rings. The van der Waals surface area contributed by atoms with Crippen molar-refractivity contribution in [2.75, 3.05) is 11.9 Å². The molecule has 0 bridgehead atoms. The van der Waals surface area contributed by atoms with Gasteiger partial charge in [0.1, 0.15) is 12.1 Å². The van der Waals surface area contributed by atoms with Gasteiger partial charge in [-0.3, -0.25) is 0 Å². The largest absolute Gasteiger partial charge is 0.353 e. The van der Waals surface area contributed by atoms with E-state index in [-0.39, 0.29) is 0 Å². The first-order valence-corrected chi connectivity index (χ1v) is 8.07. The van der Waals surface area contributed by atoms with E-state index in [0.29, 0.717) is 0 Å². The molecule has 0 unspecified atom stereocenters. The molecular weight excluding hydrogens is 268 g/mol. The SMILES string of the molecule is Cc1nc(CN(C)c2ncnc3c2CCCCC3)cs1. The van der Waals surface area contributed by atoms with E-state index >= 15 is 0 Å². The standard InChI is InChI=1S/C15H20N4S/c1-11-18-12(9-20-11)8-19(2)15-13-6-4-3-5-7-14(13)16-10-17-15/h9-10H,3-8H2,1-2H3. The third kappa shape index (κ3) is 2.82. The van der Waals surface area contributed by atoms with Crippen LogP contribution in [0.2, 0.25) is 0 Å². The molecule has 0 aliphatic heterocycles. The van der Waals surface area contributed by atoms with Gasteiger partial charge in [-0.05, 0) is 32.6 Å². The number of aryl methyl sites for hydroxylation is 2. The predicted molar refractivity (Wildman–Crippen MR) is 82.2 cm³/mol. The van der Waals surface area contributed by atoms with E-state index in [2.05, 4.69) is 32.3 Å². The number of hydrogen-bond donors (Lipinski definition) is 0. The fourth-order valence-electron chi connectivity index (χ4n) is 2.81. The molecule has 5 heteroatoms. The lowest BCUT2D eigenvalue weighted by Crippen LogP contribution is -2.20. The van der Waals surface area contributed by atoms with E-state index in [1.54, 1.807) is 17.7 Å². The van der Waals surface area contributed by atoms with E-state index in [9.17, 15) is 0 Å². The molecule has 0 N–H and O–H groups in total. The maximum absolute atomic E-state index is 4.54. The Morgan fingerprint density at radius 3 is 2.85 bits per heavy atom. The van der Waals surface area contributed by atoms with Crippen LogP contribution in [-0.4, -0.2) is 22.0 Å². The van der Waals surface area contributed by atoms with Crippen LogP contribution in [0.15, 0.2) is 11.7 Å². The molecule has 2 heterocycles. The Kier molecular flexibility index (Phi) is 3.96. The highest BCUT2D eigenvalue weighted by Gasteiger charge is 2.17. The quantitative estimate of drug-likeness (QED) is 0.814. The number of aromatic nitrogens is 3. The normalized spacial score (nSPS) is 14.7. The molecule has 0 radical (unpaired) electrons. The first kappa shape index (κ1) is 13.5. The lowest BCUT2D eigenvalue weighted by molar-refractivity contribution is 0.708. The molecule has 0 spiro atoms. The minimum absolute atomic E-state index is 0.813. The molecule has 0 fully saturated rings. The summed E-state index contributed by atoms with van der Waals surface area (Å²) in [5.74, 6) is 1.09. The summed E-state index contributed by atoms with van der Waals surface area (Å²) < 4.78 is 0. The van der Waals surface area contributed by atoms with E-state index in [1.807, 2.05) is 6.92 Å². The van der Waals surface area contributed by atoms with Crippen LogP contribution < -0.4 is 4.90 Å². The van der Waals surface area contributed by atoms with Crippen molar-refractivity contribution in [3.63, 3.8) is 0 Å². The summed E-state index contributed by atoms with van der Waals surface area (Å²) in [5.41, 5.74) is 3.71. The first-order valence-electron chi connectivity index (χ1n) is 7.19. The lowest BCUT2D eigenvalue weighted by Gasteiger charge is -2.21. The van der Waals surface area contributed by atoms with E-state index in [1.165, 1.54) is 30.5 Å². The summed E-state index contributed by atoms with van der Waals surface area (Å²) in [6.07, 6.45) is 7.70. The van der Waals surface area contributed by atoms with Gasteiger partial charge in [0.2, 0.25) is 0 Å². The lowest BCUT2D eigenvalue weighted by atomic mass is 10.1. The van der Waals surface area contributed by atoms with Gasteiger partial charge >= 0.3 is 0 Å². The molecule has 1 aliphatic carbocycles. The van der Waals surface area contributed by atoms with Crippen LogP contribution in [0, 0.1) is 6.92 Å². The van der Waals surface area contributed by atoms with E-state index < -0.39 is 0 Å². The Bertz CT molecular complexity index is 593. The predicted octanol–water partition coefficient (Wildman–Crippen LogP) is 3.15. The average molecular weight is 288 g/mol. The topological polar surface area (TPSA) is 41.9 Å². The van der Waals surface area contributed by atoms with Crippen molar-refractivity contribution < 1.29 is 0 Å². The van der Waals surface area contributed by atoms with Crippen molar-refractivity contribution in [2.24, 2.45) is 0 Å². The zero-order valence-electron chi connectivity index (χ0n) is 12.1. The number of fused-ring (bicyclic) bond motifs is 1. The van der Waals surface area contributed by atoms with Crippen molar-refractivity contribution >= 4 is 17.2 Å². The molecule has 2 aromatic heterocycles. The third-order valence-corrected chi connectivity index (χ3v) is 4.60. The Hall–Kier alpha value is -1.49. The highest BCUT2D eigenvalue weighted by Crippen LogP contribution is 2.26. The molecular formula is C15H20N4S. The summed E-state index contributed by atoms with van der Waals surface area (Å²) in [6.45, 7) is 2.86. The second kappa shape index (κ2) is 5.87. The van der Waals surface area contributed by atoms with Gasteiger partial charge in [0.05, 0.1) is 17.2 Å². The summed E-state index contributed by atoms with van der Waals surface area (Å²) in [6, 6.07) is 0. The zero-order chi connectivity index (χ0) is 13.9. The number of anilines is 1. The number of hydrogen-bond acceptors (Lipinski definition) is 5. The number of rotatable bonds is 3. The van der Waals surface area contributed by atoms with Gasteiger partial charge in [-0.15, -0.1) is 11.3 Å². The minimum Gasteiger partial charge on any atom is -0.353 e. The molecule has 4 nitrogen and oxygen atoms in total. The molecule has 1 aliphatic rings. The van der Waals surface area contributed by atoms with Crippen LogP contribution in [0.25, 0.3) is 0 Å². The molecule has 0 amide bonds. The van der Waals surface area contributed by atoms with Crippen LogP contribution in [0.4, 0.5) is 5.82 Å². The maximum atomic E-state index is 4.54. The fraction of sp³-hybridized carbons (Fsp3) is 0.533. The Morgan fingerprint density at radius 1 is 1.20 bits per heavy atom. The van der Waals surface area contributed by atoms with Crippen molar-refractivity contribution in [3.8, 4) is 0 Å². The average Bonchev–Trinajstić information content (AvgIpc) is 2.72. The van der Waals surface area contributed by atoms with Gasteiger partial charge in [0.25, 0.3) is 0 Å². The second-order valence-electron chi connectivity index (χ2n) is 5.40. The van der Waals surface area contributed by atoms with Crippen molar-refractivity contribution in [1.29, 1.82) is 0 Å². The smallest absolute Gasteiger partial charge is 0.135 e. The monoisotopic (exact) mass is 288 g/mol. The Labute approximate surface area is 123 Å². The Balaban J connectivity index is 1.85. The first-order chi connectivity index (χ1) is 9.74. The fourth-order valence-corrected chi connectivity index (χ4v) is 3.41. The third-order valence-electron chi connectivity index (χ3n) is 3.78. The summed E-state index contributed by atoms with van der Waals surface area (Å²) in [7, 11) is 2.10. The van der Waals surface area contributed by atoms with Gasteiger partial charge in [0.15, 0.2) is 0 Å². The van der Waals surface area contributed by atoms with Crippen molar-refractivity contribution in [2.45, 2.75) is 45.6 Å². The molecule has 0 saturated carbocycles. The van der Waals surface area contributed by atoms with E-state index in [0.717, 1.165) is 35.9 Å². The molecule has 0 aromatic carbocycles. The number of nitrogens with zero attached hydrogens (tertiary/aromatic N) is 4. The van der Waals surface area contributed by atoms with E-state index in [4.69, 9.17) is 0 Å². The van der Waals surface area contributed by atoms with Gasteiger partial charge < -0.3 is 4.90 Å². The molecule has 106 valence electrons.